The Hall–Kier alpha value is -0.613. The highest BCUT2D eigenvalue weighted by Gasteiger charge is 2.40. The van der Waals surface area contributed by atoms with Gasteiger partial charge in [-0.05, 0) is 25.1 Å². The van der Waals surface area contributed by atoms with Crippen molar-refractivity contribution in [3.63, 3.8) is 0 Å². The van der Waals surface area contributed by atoms with E-state index in [1.54, 1.807) is 6.92 Å². The summed E-state index contributed by atoms with van der Waals surface area (Å²) in [6, 6.07) is 0. The first-order valence-corrected chi connectivity index (χ1v) is 8.38. The van der Waals surface area contributed by atoms with Crippen LogP contribution in [0.2, 0.25) is 18.1 Å². The average molecular weight is 244 g/mol. The first-order valence-electron chi connectivity index (χ1n) is 5.47. The molecule has 3 nitrogen and oxygen atoms in total. The van der Waals surface area contributed by atoms with Crippen LogP contribution < -0.4 is 0 Å². The van der Waals surface area contributed by atoms with Gasteiger partial charge in [-0.3, -0.25) is 4.79 Å². The van der Waals surface area contributed by atoms with Crippen molar-refractivity contribution < 1.29 is 14.3 Å². The van der Waals surface area contributed by atoms with Gasteiger partial charge in [0, 0.05) is 0 Å². The first-order chi connectivity index (χ1) is 6.96. The largest absolute Gasteiger partial charge is 0.481 e. The number of carboxylic acid groups (broad SMARTS) is 1. The molecule has 0 saturated carbocycles. The molecule has 1 N–H and O–H groups in total. The predicted octanol–water partition coefficient (Wildman–Crippen LogP) is 3.29. The highest BCUT2D eigenvalue weighted by atomic mass is 28.4. The summed E-state index contributed by atoms with van der Waals surface area (Å²) >= 11 is 0. The van der Waals surface area contributed by atoms with Gasteiger partial charge in [-0.15, -0.1) is 6.58 Å². The third-order valence-electron chi connectivity index (χ3n) is 3.48. The molecule has 0 saturated heterocycles. The van der Waals surface area contributed by atoms with Gasteiger partial charge >= 0.3 is 5.97 Å². The van der Waals surface area contributed by atoms with E-state index in [-0.39, 0.29) is 11.6 Å². The van der Waals surface area contributed by atoms with Crippen molar-refractivity contribution in [2.45, 2.75) is 45.8 Å². The maximum absolute atomic E-state index is 11.1. The second kappa shape index (κ2) is 4.71. The van der Waals surface area contributed by atoms with Crippen molar-refractivity contribution in [3.8, 4) is 0 Å². The molecule has 94 valence electrons. The molecule has 0 aliphatic heterocycles. The van der Waals surface area contributed by atoms with Crippen LogP contribution in [-0.2, 0) is 9.22 Å². The Morgan fingerprint density at radius 1 is 1.38 bits per heavy atom. The van der Waals surface area contributed by atoms with Gasteiger partial charge in [0.05, 0.1) is 6.61 Å². The van der Waals surface area contributed by atoms with Crippen molar-refractivity contribution >= 4 is 14.3 Å². The van der Waals surface area contributed by atoms with Gasteiger partial charge in [-0.25, -0.2) is 0 Å². The van der Waals surface area contributed by atoms with Crippen LogP contribution in [0.25, 0.3) is 0 Å². The van der Waals surface area contributed by atoms with Gasteiger partial charge in [0.25, 0.3) is 0 Å². The summed E-state index contributed by atoms with van der Waals surface area (Å²) in [5.41, 5.74) is -0.991. The molecule has 0 aromatic carbocycles. The van der Waals surface area contributed by atoms with Crippen molar-refractivity contribution in [3.05, 3.63) is 12.7 Å². The number of aliphatic carboxylic acids is 1. The number of rotatable bonds is 5. The van der Waals surface area contributed by atoms with Gasteiger partial charge in [0.2, 0.25) is 0 Å². The molecule has 0 heterocycles. The van der Waals surface area contributed by atoms with E-state index in [4.69, 9.17) is 9.53 Å². The third kappa shape index (κ3) is 3.45. The van der Waals surface area contributed by atoms with Crippen molar-refractivity contribution in [2.75, 3.05) is 6.61 Å². The second-order valence-electron chi connectivity index (χ2n) is 5.98. The maximum Gasteiger partial charge on any atom is 0.315 e. The molecule has 16 heavy (non-hydrogen) atoms. The summed E-state index contributed by atoms with van der Waals surface area (Å²) in [5, 5.41) is 9.19. The normalized spacial score (nSPS) is 16.6. The Morgan fingerprint density at radius 3 is 2.06 bits per heavy atom. The lowest BCUT2D eigenvalue weighted by Crippen LogP contribution is -2.44. The van der Waals surface area contributed by atoms with Gasteiger partial charge in [-0.1, -0.05) is 26.8 Å². The van der Waals surface area contributed by atoms with E-state index >= 15 is 0 Å². The molecule has 4 heteroatoms. The Bertz CT molecular complexity index is 278. The van der Waals surface area contributed by atoms with Gasteiger partial charge in [-0.2, -0.15) is 0 Å². The standard InChI is InChI=1S/C12H24O3Si/c1-8-12(5,10(13)14)9-15-16(6,7)11(2,3)4/h8H,1,9H2,2-7H3,(H,13,14)/t12-/m1/s1. The Labute approximate surface area is 99.6 Å². The van der Waals surface area contributed by atoms with E-state index in [1.807, 2.05) is 0 Å². The number of hydrogen-bond donors (Lipinski definition) is 1. The summed E-state index contributed by atoms with van der Waals surface area (Å²) in [6.45, 7) is 16.0. The highest BCUT2D eigenvalue weighted by Crippen LogP contribution is 2.37. The zero-order valence-corrected chi connectivity index (χ0v) is 12.3. The van der Waals surface area contributed by atoms with Gasteiger partial charge in [0.1, 0.15) is 5.41 Å². The Morgan fingerprint density at radius 2 is 1.81 bits per heavy atom. The molecule has 0 aliphatic carbocycles. The fourth-order valence-corrected chi connectivity index (χ4v) is 1.85. The van der Waals surface area contributed by atoms with Crippen LogP contribution in [0.3, 0.4) is 0 Å². The minimum absolute atomic E-state index is 0.0909. The van der Waals surface area contributed by atoms with Crippen LogP contribution in [-0.4, -0.2) is 26.0 Å². The van der Waals surface area contributed by atoms with E-state index in [0.29, 0.717) is 0 Å². The lowest BCUT2D eigenvalue weighted by atomic mass is 9.93. The van der Waals surface area contributed by atoms with Crippen LogP contribution in [0, 0.1) is 5.41 Å². The van der Waals surface area contributed by atoms with Crippen molar-refractivity contribution in [1.29, 1.82) is 0 Å². The summed E-state index contributed by atoms with van der Waals surface area (Å²) in [6.07, 6.45) is 1.45. The lowest BCUT2D eigenvalue weighted by molar-refractivity contribution is -0.146. The fraction of sp³-hybridized carbons (Fsp3) is 0.750. The van der Waals surface area contributed by atoms with Crippen LogP contribution >= 0.6 is 0 Å². The summed E-state index contributed by atoms with van der Waals surface area (Å²) in [4.78, 5) is 11.1. The average Bonchev–Trinajstić information content (AvgIpc) is 2.12. The van der Waals surface area contributed by atoms with E-state index in [9.17, 15) is 4.79 Å². The van der Waals surface area contributed by atoms with E-state index in [0.717, 1.165) is 0 Å². The monoisotopic (exact) mass is 244 g/mol. The SMILES string of the molecule is C=C[C@](C)(CO[Si](C)(C)C(C)(C)C)C(=O)O. The number of carbonyl (C=O) groups is 1. The summed E-state index contributed by atoms with van der Waals surface area (Å²) < 4.78 is 5.90. The lowest BCUT2D eigenvalue weighted by Gasteiger charge is -2.38. The zero-order valence-electron chi connectivity index (χ0n) is 11.3. The molecule has 0 aromatic heterocycles. The quantitative estimate of drug-likeness (QED) is 0.596. The smallest absolute Gasteiger partial charge is 0.315 e. The van der Waals surface area contributed by atoms with Crippen LogP contribution in [0.5, 0.6) is 0 Å². The van der Waals surface area contributed by atoms with E-state index in [1.165, 1.54) is 6.08 Å². The minimum atomic E-state index is -1.89. The first kappa shape index (κ1) is 15.4. The molecule has 0 unspecified atom stereocenters. The molecule has 0 radical (unpaired) electrons. The van der Waals surface area contributed by atoms with Gasteiger partial charge < -0.3 is 9.53 Å². The number of carboxylic acids is 1. The molecule has 0 amide bonds. The fourth-order valence-electron chi connectivity index (χ4n) is 0.755. The van der Waals surface area contributed by atoms with E-state index in [2.05, 4.69) is 40.4 Å². The second-order valence-corrected chi connectivity index (χ2v) is 10.8. The summed E-state index contributed by atoms with van der Waals surface area (Å²) in [5.74, 6) is -0.888. The molecule has 1 atom stereocenters. The molecule has 0 aromatic rings. The molecule has 0 rings (SSSR count). The molecule has 0 aliphatic rings. The van der Waals surface area contributed by atoms with Crippen LogP contribution in [0.1, 0.15) is 27.7 Å². The van der Waals surface area contributed by atoms with Crippen LogP contribution in [0.4, 0.5) is 0 Å². The van der Waals surface area contributed by atoms with Crippen molar-refractivity contribution in [2.24, 2.45) is 5.41 Å². The molecular formula is C12H24O3Si. The Balaban J connectivity index is 4.68. The number of hydrogen-bond acceptors (Lipinski definition) is 2. The topological polar surface area (TPSA) is 46.5 Å². The zero-order chi connectivity index (χ0) is 13.2. The molecule has 0 bridgehead atoms. The predicted molar refractivity (Wildman–Crippen MR) is 69.1 cm³/mol. The Kier molecular flexibility index (Phi) is 4.53. The van der Waals surface area contributed by atoms with E-state index < -0.39 is 19.7 Å². The molecular weight excluding hydrogens is 220 g/mol. The molecule has 0 fully saturated rings. The highest BCUT2D eigenvalue weighted by molar-refractivity contribution is 6.74. The third-order valence-corrected chi connectivity index (χ3v) is 7.96. The van der Waals surface area contributed by atoms with Crippen LogP contribution in [0.15, 0.2) is 12.7 Å². The summed E-state index contributed by atoms with van der Waals surface area (Å²) in [7, 11) is -1.89. The molecule has 0 spiro atoms. The van der Waals surface area contributed by atoms with Crippen molar-refractivity contribution in [1.82, 2.24) is 0 Å². The minimum Gasteiger partial charge on any atom is -0.481 e. The van der Waals surface area contributed by atoms with Gasteiger partial charge in [0.15, 0.2) is 8.32 Å². The maximum atomic E-state index is 11.1.